The number of aliphatic hydroxyl groups excluding tert-OH is 3. The van der Waals surface area contributed by atoms with Gasteiger partial charge in [0.15, 0.2) is 5.82 Å². The molecule has 4 saturated carbocycles. The van der Waals surface area contributed by atoms with Gasteiger partial charge in [0.05, 0.1) is 118 Å². The average Bonchev–Trinajstić information content (AvgIpc) is 1.39. The minimum absolute atomic E-state index is 0.0538. The Balaban J connectivity index is 0.000000166. The van der Waals surface area contributed by atoms with Crippen molar-refractivity contribution in [1.29, 1.82) is 21.0 Å². The van der Waals surface area contributed by atoms with Crippen LogP contribution in [0.25, 0.3) is 11.4 Å². The molecule has 0 saturated heterocycles. The molecule has 29 heteroatoms. The number of anilines is 4. The molecular weight excluding hydrogens is 1620 g/mol. The number of nitrogens with zero attached hydrogens (tertiary/aromatic N) is 19. The number of nitriles is 4. The minimum atomic E-state index is -0.993. The molecule has 6 aromatic heterocycles. The molecule has 7 N–H and O–H groups in total. The molecule has 4 aliphatic carbocycles. The molecule has 28 nitrogen and oxygen atoms in total. The molecule has 0 bridgehead atoms. The van der Waals surface area contributed by atoms with Gasteiger partial charge in [0.2, 0.25) is 23.8 Å². The van der Waals surface area contributed by atoms with Gasteiger partial charge in [-0.2, -0.15) is 25.7 Å². The van der Waals surface area contributed by atoms with Crippen molar-refractivity contribution >= 4 is 23.8 Å². The van der Waals surface area contributed by atoms with Crippen LogP contribution in [-0.4, -0.2) is 154 Å². The molecule has 6 heterocycles. The van der Waals surface area contributed by atoms with Gasteiger partial charge in [0.25, 0.3) is 0 Å². The molecule has 14 rings (SSSR count). The number of aryl methyl sites for hydroxylation is 2. The predicted octanol–water partition coefficient (Wildman–Crippen LogP) is 16.9. The molecule has 4 aromatic carbocycles. The fourth-order valence-corrected chi connectivity index (χ4v) is 18.0. The van der Waals surface area contributed by atoms with E-state index < -0.39 is 6.17 Å². The second-order valence-corrected chi connectivity index (χ2v) is 38.1. The summed E-state index contributed by atoms with van der Waals surface area (Å²) in [4.78, 5) is 36.0. The molecule has 0 amide bonds. The van der Waals surface area contributed by atoms with Crippen molar-refractivity contribution in [2.45, 2.75) is 249 Å². The van der Waals surface area contributed by atoms with Crippen LogP contribution in [0.1, 0.15) is 238 Å². The number of benzene rings is 4. The van der Waals surface area contributed by atoms with E-state index in [0.29, 0.717) is 107 Å². The van der Waals surface area contributed by atoms with E-state index in [4.69, 9.17) is 14.5 Å². The lowest BCUT2D eigenvalue weighted by atomic mass is 9.65. The number of halogens is 1. The monoisotopic (exact) mass is 1750 g/mol. The highest BCUT2D eigenvalue weighted by atomic mass is 19.1. The van der Waals surface area contributed by atoms with Gasteiger partial charge in [-0.1, -0.05) is 129 Å². The van der Waals surface area contributed by atoms with Crippen LogP contribution in [0.15, 0.2) is 128 Å². The van der Waals surface area contributed by atoms with Crippen molar-refractivity contribution < 1.29 is 29.2 Å². The van der Waals surface area contributed by atoms with E-state index in [1.807, 2.05) is 85.3 Å². The van der Waals surface area contributed by atoms with Crippen molar-refractivity contribution in [1.82, 2.24) is 75.1 Å². The summed E-state index contributed by atoms with van der Waals surface area (Å²) in [6.45, 7) is 30.6. The number of aromatic nitrogens is 15. The first-order valence-electron chi connectivity index (χ1n) is 45.8. The highest BCUT2D eigenvalue weighted by Gasteiger charge is 2.40. The SMILES string of the molecule is CC(F)COc1ccc(CCNc2ncc(C#N)c(C[C@@H]3CC[C@H](O)C(C)(C)C3)n2)cc1.CCCOc1ccc(CCNc2ncc(C#N)c(C[C@@H]3CC[C@H](O)C(C)(C)C3)n2)cc1.Cc1cnnn1-c1cccc(CCNc2ncc(C#N)c(C[C@@H]3CC[C@H](O)C(C)(C)C3)n2)c1.Cc1nnnn1-c1ccccc1CCNc1ncc(C#N)c(C[C@@H]2CC[C@H](C)C(C)(C)C2)n1. The number of aliphatic hydroxyl groups is 3. The van der Waals surface area contributed by atoms with Crippen LogP contribution in [-0.2, 0) is 51.4 Å². The molecule has 0 spiro atoms. The van der Waals surface area contributed by atoms with E-state index in [-0.39, 0.29) is 41.2 Å². The largest absolute Gasteiger partial charge is 0.494 e. The summed E-state index contributed by atoms with van der Waals surface area (Å²) in [6, 6.07) is 41.0. The minimum Gasteiger partial charge on any atom is -0.494 e. The van der Waals surface area contributed by atoms with Crippen molar-refractivity contribution in [2.75, 3.05) is 60.7 Å². The number of rotatable bonds is 32. The average molecular weight is 1750 g/mol. The zero-order valence-corrected chi connectivity index (χ0v) is 77.4. The molecule has 10 aromatic rings. The summed E-state index contributed by atoms with van der Waals surface area (Å²) in [5.41, 5.74) is 13.0. The van der Waals surface area contributed by atoms with Crippen LogP contribution in [0.3, 0.4) is 0 Å². The Bertz CT molecular complexity index is 5440. The maximum absolute atomic E-state index is 12.9. The molecule has 1 unspecified atom stereocenters. The smallest absolute Gasteiger partial charge is 0.222 e. The first-order valence-corrected chi connectivity index (χ1v) is 45.8. The number of ether oxygens (including phenoxy) is 2. The molecule has 129 heavy (non-hydrogen) atoms. The van der Waals surface area contributed by atoms with E-state index in [2.05, 4.69) is 206 Å². The lowest BCUT2D eigenvalue weighted by molar-refractivity contribution is -0.00749. The highest BCUT2D eigenvalue weighted by Crippen LogP contribution is 2.46. The summed E-state index contributed by atoms with van der Waals surface area (Å²) < 4.78 is 27.4. The van der Waals surface area contributed by atoms with Gasteiger partial charge in [0.1, 0.15) is 48.6 Å². The van der Waals surface area contributed by atoms with Gasteiger partial charge < -0.3 is 46.1 Å². The summed E-state index contributed by atoms with van der Waals surface area (Å²) in [6.07, 6.45) is 25.2. The fraction of sp³-hybridized carbons (Fsp3) is 0.530. The van der Waals surface area contributed by atoms with E-state index in [1.54, 1.807) is 35.7 Å². The Hall–Kier alpha value is -12.0. The molecule has 4 fully saturated rings. The van der Waals surface area contributed by atoms with Crippen molar-refractivity contribution in [2.24, 2.45) is 51.2 Å². The maximum Gasteiger partial charge on any atom is 0.222 e. The number of para-hydroxylation sites is 1. The van der Waals surface area contributed by atoms with Crippen molar-refractivity contribution in [3.05, 3.63) is 207 Å². The number of alkyl halides is 1. The van der Waals surface area contributed by atoms with Gasteiger partial charge in [0, 0.05) is 26.2 Å². The van der Waals surface area contributed by atoms with E-state index in [9.17, 15) is 40.8 Å². The highest BCUT2D eigenvalue weighted by molar-refractivity contribution is 5.45. The van der Waals surface area contributed by atoms with Crippen molar-refractivity contribution in [3.63, 3.8) is 0 Å². The van der Waals surface area contributed by atoms with E-state index in [1.165, 1.54) is 37.3 Å². The van der Waals surface area contributed by atoms with Gasteiger partial charge in [-0.3, -0.25) is 0 Å². The van der Waals surface area contributed by atoms with Crippen LogP contribution >= 0.6 is 0 Å². The third-order valence-corrected chi connectivity index (χ3v) is 26.0. The second-order valence-electron chi connectivity index (χ2n) is 38.1. The Kier molecular flexibility index (Phi) is 35.0. The molecule has 0 radical (unpaired) electrons. The normalized spacial score (nSPS) is 20.1. The van der Waals surface area contributed by atoms with Gasteiger partial charge >= 0.3 is 0 Å². The van der Waals surface area contributed by atoms with E-state index >= 15 is 0 Å². The number of tetrazole rings is 1. The third-order valence-electron chi connectivity index (χ3n) is 26.0. The molecule has 0 aliphatic heterocycles. The Morgan fingerprint density at radius 2 is 0.876 bits per heavy atom. The number of hydrogen-bond acceptors (Lipinski definition) is 26. The first-order chi connectivity index (χ1) is 61.9. The van der Waals surface area contributed by atoms with Gasteiger partial charge in [-0.15, -0.1) is 10.2 Å². The molecule has 9 atom stereocenters. The zero-order chi connectivity index (χ0) is 92.3. The lowest BCUT2D eigenvalue weighted by Gasteiger charge is -2.40. The van der Waals surface area contributed by atoms with E-state index in [0.717, 1.165) is 191 Å². The van der Waals surface area contributed by atoms with Crippen molar-refractivity contribution in [3.8, 4) is 47.2 Å². The summed E-state index contributed by atoms with van der Waals surface area (Å²) in [7, 11) is 0. The zero-order valence-electron chi connectivity index (χ0n) is 77.4. The molecule has 682 valence electrons. The Morgan fingerprint density at radius 1 is 0.473 bits per heavy atom. The van der Waals surface area contributed by atoms with Crippen LogP contribution in [0.5, 0.6) is 11.5 Å². The summed E-state index contributed by atoms with van der Waals surface area (Å²) in [5.74, 6) is 7.00. The summed E-state index contributed by atoms with van der Waals surface area (Å²) in [5, 5.41) is 102. The van der Waals surface area contributed by atoms with Crippen LogP contribution in [0.4, 0.5) is 28.2 Å². The van der Waals surface area contributed by atoms with Crippen LogP contribution in [0, 0.1) is 110 Å². The third kappa shape index (κ3) is 28.5. The van der Waals surface area contributed by atoms with Gasteiger partial charge in [-0.05, 0) is 282 Å². The Morgan fingerprint density at radius 3 is 1.26 bits per heavy atom. The lowest BCUT2D eigenvalue weighted by Crippen LogP contribution is -2.37. The number of hydrogen-bond donors (Lipinski definition) is 7. The predicted molar refractivity (Wildman–Crippen MR) is 497 cm³/mol. The topological polar surface area (TPSA) is 400 Å². The molecular formula is C100H130FN23O5. The van der Waals surface area contributed by atoms with Crippen LogP contribution in [0.2, 0.25) is 0 Å². The Labute approximate surface area is 760 Å². The first kappa shape index (κ1) is 97.6. The standard InChI is InChI=1S/C25H33FN4O2.C25H32N8.C25H31N7O.C25H34N4O2/c1-17(26)16-32-21-7-4-18(5-8-21)10-11-28-24-29-15-20(14-27)22(30-24)12-19-6-9-23(31)25(2,3)13-19;1-17-9-10-19(14-25(17,3)4)13-22-21(15-26)16-28-24(29-22)27-12-11-20-7-5-6-8-23(20)33-18(2)30-31-32-33;1-17-15-29-31-32(17)21-6-4-5-18(11-21)9-10-27-24-28-16-20(14-26)22(30-24)12-19-7-8-23(33)25(2,3)13-19;1-4-13-31-21-8-5-18(6-9-21)11-12-27-24-28-17-20(16-26)22(29-24)14-19-7-10-23(30)25(2,3)15-19/h4-5,7-8,15,17,19,23,31H,6,9-13,16H2,1-3H3,(H,28,29,30);5-8,16-17,19H,9-14H2,1-4H3,(H,27,28,29);4-6,11,15-16,19,23,33H,7-10,12-13H2,1-3H3,(H,27,28,30);5-6,8-9,17,19,23,30H,4,7,10-15H2,1-3H3,(H,27,28,29)/t17?,19-,23-;17-,19-;2*19-,23-/m0000/s1. The summed E-state index contributed by atoms with van der Waals surface area (Å²) >= 11 is 0. The fourth-order valence-electron chi connectivity index (χ4n) is 18.0. The number of nitrogens with one attached hydrogen (secondary N) is 4. The van der Waals surface area contributed by atoms with Crippen LogP contribution < -0.4 is 30.7 Å². The second kappa shape index (κ2) is 46.3. The molecule has 4 aliphatic rings. The van der Waals surface area contributed by atoms with Gasteiger partial charge in [-0.25, -0.2) is 48.9 Å². The maximum atomic E-state index is 12.9. The quantitative estimate of drug-likeness (QED) is 0.0206.